The number of nitrogen functional groups attached to an aromatic ring is 1. The first-order valence-corrected chi connectivity index (χ1v) is 8.33. The van der Waals surface area contributed by atoms with E-state index < -0.39 is 0 Å². The van der Waals surface area contributed by atoms with Crippen molar-refractivity contribution in [2.45, 2.75) is 6.92 Å². The van der Waals surface area contributed by atoms with Gasteiger partial charge in [-0.15, -0.1) is 0 Å². The number of nitrogens with one attached hydrogen (secondary N) is 2. The largest absolute Gasteiger partial charge is 0.324 e. The fraction of sp³-hybridized carbons (Fsp3) is 0.0714. The van der Waals surface area contributed by atoms with Gasteiger partial charge in [-0.3, -0.25) is 10.6 Å². The second-order valence-corrected chi connectivity index (χ2v) is 7.00. The second kappa shape index (κ2) is 6.91. The molecule has 4 nitrogen and oxygen atoms in total. The lowest BCUT2D eigenvalue weighted by Crippen LogP contribution is -2.15. The molecule has 0 atom stereocenters. The number of aryl methyl sites for hydroxylation is 1. The first-order chi connectivity index (χ1) is 9.92. The maximum atomic E-state index is 12.4. The van der Waals surface area contributed by atoms with Crippen LogP contribution in [0.15, 0.2) is 43.7 Å². The molecule has 0 radical (unpaired) electrons. The molecule has 2 aromatic carbocycles. The molecule has 110 valence electrons. The smallest absolute Gasteiger partial charge is 0.255 e. The summed E-state index contributed by atoms with van der Waals surface area (Å²) in [7, 11) is 0. The first-order valence-electron chi connectivity index (χ1n) is 5.95. The van der Waals surface area contributed by atoms with Crippen LogP contribution in [0.2, 0.25) is 0 Å². The van der Waals surface area contributed by atoms with Crippen molar-refractivity contribution in [3.8, 4) is 0 Å². The number of hydrogen-bond donors (Lipinski definition) is 3. The van der Waals surface area contributed by atoms with Gasteiger partial charge in [0.2, 0.25) is 0 Å². The molecule has 2 aromatic rings. The topological polar surface area (TPSA) is 67.1 Å². The fourth-order valence-electron chi connectivity index (χ4n) is 1.85. The van der Waals surface area contributed by atoms with E-state index in [9.17, 15) is 4.79 Å². The van der Waals surface area contributed by atoms with Crippen LogP contribution in [-0.4, -0.2) is 5.91 Å². The van der Waals surface area contributed by atoms with Crippen LogP contribution < -0.4 is 16.6 Å². The number of carbonyl (C=O) groups is 1. The van der Waals surface area contributed by atoms with Crippen LogP contribution in [0, 0.1) is 6.92 Å². The summed E-state index contributed by atoms with van der Waals surface area (Å²) < 4.78 is 2.48. The number of rotatable bonds is 3. The van der Waals surface area contributed by atoms with E-state index in [0.717, 1.165) is 24.7 Å². The third-order valence-electron chi connectivity index (χ3n) is 2.88. The van der Waals surface area contributed by atoms with Crippen LogP contribution in [0.3, 0.4) is 0 Å². The van der Waals surface area contributed by atoms with Gasteiger partial charge in [-0.05, 0) is 74.7 Å². The minimum atomic E-state index is -0.181. The maximum Gasteiger partial charge on any atom is 0.255 e. The minimum Gasteiger partial charge on any atom is -0.324 e. The Morgan fingerprint density at radius 2 is 1.71 bits per heavy atom. The molecular formula is C14H12Br3N3O. The molecule has 2 rings (SSSR count). The van der Waals surface area contributed by atoms with Crippen molar-refractivity contribution in [1.29, 1.82) is 0 Å². The Morgan fingerprint density at radius 3 is 2.24 bits per heavy atom. The van der Waals surface area contributed by atoms with Crippen LogP contribution >= 0.6 is 47.8 Å². The van der Waals surface area contributed by atoms with E-state index in [1.807, 2.05) is 25.1 Å². The number of nitrogens with two attached hydrogens (primary N) is 1. The van der Waals surface area contributed by atoms with E-state index in [1.165, 1.54) is 0 Å². The summed E-state index contributed by atoms with van der Waals surface area (Å²) in [6, 6.07) is 9.05. The van der Waals surface area contributed by atoms with E-state index in [1.54, 1.807) is 12.1 Å². The number of anilines is 2. The van der Waals surface area contributed by atoms with Gasteiger partial charge in [-0.1, -0.05) is 15.9 Å². The molecule has 0 heterocycles. The predicted octanol–water partition coefficient (Wildman–Crippen LogP) is 4.82. The Bertz CT molecular complexity index is 681. The first kappa shape index (κ1) is 16.5. The van der Waals surface area contributed by atoms with Gasteiger partial charge in [0.05, 0.1) is 5.69 Å². The number of benzene rings is 2. The van der Waals surface area contributed by atoms with Gasteiger partial charge in [0.15, 0.2) is 0 Å². The van der Waals surface area contributed by atoms with Crippen molar-refractivity contribution in [1.82, 2.24) is 0 Å². The Labute approximate surface area is 147 Å². The van der Waals surface area contributed by atoms with Gasteiger partial charge in [0, 0.05) is 24.7 Å². The van der Waals surface area contributed by atoms with Crippen molar-refractivity contribution < 1.29 is 4.79 Å². The Balaban J connectivity index is 2.30. The van der Waals surface area contributed by atoms with Crippen LogP contribution in [-0.2, 0) is 0 Å². The van der Waals surface area contributed by atoms with Crippen molar-refractivity contribution in [3.05, 3.63) is 54.9 Å². The molecule has 1 amide bonds. The highest BCUT2D eigenvalue weighted by Crippen LogP contribution is 2.34. The number of amides is 1. The molecule has 0 aliphatic rings. The van der Waals surface area contributed by atoms with E-state index in [-0.39, 0.29) is 5.91 Å². The highest BCUT2D eigenvalue weighted by molar-refractivity contribution is 9.11. The molecule has 21 heavy (non-hydrogen) atoms. The van der Waals surface area contributed by atoms with Gasteiger partial charge in [0.1, 0.15) is 0 Å². The summed E-state index contributed by atoms with van der Waals surface area (Å²) in [4.78, 5) is 12.4. The van der Waals surface area contributed by atoms with Crippen molar-refractivity contribution in [3.63, 3.8) is 0 Å². The van der Waals surface area contributed by atoms with Gasteiger partial charge in [-0.25, -0.2) is 0 Å². The Morgan fingerprint density at radius 1 is 1.10 bits per heavy atom. The molecule has 4 N–H and O–H groups in total. The van der Waals surface area contributed by atoms with Gasteiger partial charge < -0.3 is 10.7 Å². The van der Waals surface area contributed by atoms with E-state index in [2.05, 4.69) is 58.5 Å². The highest BCUT2D eigenvalue weighted by atomic mass is 79.9. The summed E-state index contributed by atoms with van der Waals surface area (Å²) in [5.41, 5.74) is 5.43. The highest BCUT2D eigenvalue weighted by Gasteiger charge is 2.14. The molecule has 0 bridgehead atoms. The quantitative estimate of drug-likeness (QED) is 0.438. The minimum absolute atomic E-state index is 0.181. The van der Waals surface area contributed by atoms with E-state index in [0.29, 0.717) is 11.3 Å². The summed E-state index contributed by atoms with van der Waals surface area (Å²) >= 11 is 10.3. The third-order valence-corrected chi connectivity index (χ3v) is 4.59. The second-order valence-electron chi connectivity index (χ2n) is 4.37. The van der Waals surface area contributed by atoms with Crippen molar-refractivity contribution in [2.75, 3.05) is 10.7 Å². The van der Waals surface area contributed by atoms with Crippen molar-refractivity contribution >= 4 is 65.1 Å². The number of halogens is 3. The zero-order valence-electron chi connectivity index (χ0n) is 11.0. The Hall–Kier alpha value is -0.890. The molecule has 7 heteroatoms. The molecule has 0 aromatic heterocycles. The lowest BCUT2D eigenvalue weighted by Gasteiger charge is -2.12. The number of hydrogen-bond acceptors (Lipinski definition) is 3. The molecule has 0 spiro atoms. The van der Waals surface area contributed by atoms with E-state index in [4.69, 9.17) is 5.84 Å². The van der Waals surface area contributed by atoms with Gasteiger partial charge in [-0.2, -0.15) is 0 Å². The summed E-state index contributed by atoms with van der Waals surface area (Å²) in [5, 5.41) is 2.90. The zero-order chi connectivity index (χ0) is 15.6. The maximum absolute atomic E-state index is 12.4. The third kappa shape index (κ3) is 3.85. The lowest BCUT2D eigenvalue weighted by atomic mass is 10.1. The van der Waals surface area contributed by atoms with Crippen LogP contribution in [0.4, 0.5) is 11.4 Å². The monoisotopic (exact) mass is 475 g/mol. The molecular weight excluding hydrogens is 466 g/mol. The average molecular weight is 478 g/mol. The van der Waals surface area contributed by atoms with Gasteiger partial charge in [0.25, 0.3) is 5.91 Å². The normalized spacial score (nSPS) is 10.3. The standard InChI is InChI=1S/C14H12Br3N3O/c1-7-4-9(20-18)2-3-10(7)14(21)19-13-11(16)5-8(15)6-12(13)17/h2-6,20H,18H2,1H3,(H,19,21). The predicted molar refractivity (Wildman–Crippen MR) is 96.5 cm³/mol. The van der Waals surface area contributed by atoms with Gasteiger partial charge >= 0.3 is 0 Å². The average Bonchev–Trinajstić information content (AvgIpc) is 2.42. The SMILES string of the molecule is Cc1cc(NN)ccc1C(=O)Nc1c(Br)cc(Br)cc1Br. The summed E-state index contributed by atoms with van der Waals surface area (Å²) in [5.74, 6) is 5.17. The Kier molecular flexibility index (Phi) is 5.43. The summed E-state index contributed by atoms with van der Waals surface area (Å²) in [6.07, 6.45) is 0. The molecule has 0 unspecified atom stereocenters. The molecule has 0 saturated heterocycles. The van der Waals surface area contributed by atoms with Crippen LogP contribution in [0.1, 0.15) is 15.9 Å². The lowest BCUT2D eigenvalue weighted by molar-refractivity contribution is 0.102. The van der Waals surface area contributed by atoms with Crippen LogP contribution in [0.5, 0.6) is 0 Å². The van der Waals surface area contributed by atoms with E-state index >= 15 is 0 Å². The molecule has 0 fully saturated rings. The van der Waals surface area contributed by atoms with Crippen molar-refractivity contribution in [2.24, 2.45) is 5.84 Å². The molecule has 0 aliphatic carbocycles. The number of carbonyl (C=O) groups excluding carboxylic acids is 1. The summed E-state index contributed by atoms with van der Waals surface area (Å²) in [6.45, 7) is 1.86. The molecule has 0 saturated carbocycles. The molecule has 0 aliphatic heterocycles. The zero-order valence-corrected chi connectivity index (χ0v) is 15.8. The fourth-order valence-corrected chi connectivity index (χ4v) is 4.31. The van der Waals surface area contributed by atoms with Crippen LogP contribution in [0.25, 0.3) is 0 Å². The number of hydrazine groups is 1.